The summed E-state index contributed by atoms with van der Waals surface area (Å²) in [6, 6.07) is 14.7. The van der Waals surface area contributed by atoms with Crippen LogP contribution < -0.4 is 0 Å². The van der Waals surface area contributed by atoms with Gasteiger partial charge in [-0.05, 0) is 0 Å². The maximum atomic E-state index is 3.12. The van der Waals surface area contributed by atoms with Gasteiger partial charge in [0.25, 0.3) is 0 Å². The summed E-state index contributed by atoms with van der Waals surface area (Å²) in [4.78, 5) is 0. The van der Waals surface area contributed by atoms with Crippen molar-refractivity contribution < 1.29 is 20.0 Å². The predicted molar refractivity (Wildman–Crippen MR) is 82.1 cm³/mol. The fourth-order valence-electron chi connectivity index (χ4n) is 1.58. The first-order chi connectivity index (χ1) is 9.09. The molecule has 1 heteroatoms. The van der Waals surface area contributed by atoms with Gasteiger partial charge >= 0.3 is 37.6 Å². The van der Waals surface area contributed by atoms with Gasteiger partial charge < -0.3 is 0 Å². The topological polar surface area (TPSA) is 0 Å². The van der Waals surface area contributed by atoms with Crippen LogP contribution in [0.2, 0.25) is 0 Å². The van der Waals surface area contributed by atoms with Crippen LogP contribution in [0.15, 0.2) is 60.2 Å². The van der Waals surface area contributed by atoms with Crippen LogP contribution in [0.3, 0.4) is 0 Å². The average Bonchev–Trinajstić information content (AvgIpc) is 2.99. The van der Waals surface area contributed by atoms with E-state index >= 15 is 0 Å². The van der Waals surface area contributed by atoms with Crippen molar-refractivity contribution in [3.8, 4) is 0 Å². The molecule has 1 aliphatic rings. The minimum atomic E-state index is 1.02. The zero-order chi connectivity index (χ0) is 14.1. The molecule has 1 aliphatic carbocycles. The molecule has 0 saturated heterocycles. The molecule has 0 atom stereocenters. The molecule has 3 rings (SSSR count). The van der Waals surface area contributed by atoms with Gasteiger partial charge in [-0.3, -0.25) is 6.08 Å². The van der Waals surface area contributed by atoms with Gasteiger partial charge in [0.2, 0.25) is 0 Å². The van der Waals surface area contributed by atoms with E-state index < -0.39 is 0 Å². The van der Waals surface area contributed by atoms with Crippen LogP contribution in [0.4, 0.5) is 0 Å². The smallest absolute Gasteiger partial charge is 0.0809 e. The van der Waals surface area contributed by atoms with Crippen LogP contribution >= 0.6 is 0 Å². The van der Waals surface area contributed by atoms with Gasteiger partial charge in [-0.2, -0.15) is 23.6 Å². The second-order valence-electron chi connectivity index (χ2n) is 4.62. The molecule has 19 heavy (non-hydrogen) atoms. The van der Waals surface area contributed by atoms with Crippen LogP contribution in [0, 0.1) is 6.08 Å². The van der Waals surface area contributed by atoms with Crippen molar-refractivity contribution in [1.82, 2.24) is 0 Å². The van der Waals surface area contributed by atoms with Crippen molar-refractivity contribution >= 4 is 14.6 Å². The van der Waals surface area contributed by atoms with E-state index in [9.17, 15) is 0 Å². The molecule has 0 bridgehead atoms. The number of hydrogen-bond acceptors (Lipinski definition) is 0. The van der Waals surface area contributed by atoms with Gasteiger partial charge in [-0.25, -0.2) is 11.6 Å². The number of fused-ring (bicyclic) bond motifs is 1. The predicted octanol–water partition coefficient (Wildman–Crippen LogP) is 5.00. The summed E-state index contributed by atoms with van der Waals surface area (Å²) in [6.45, 7) is 6.23. The van der Waals surface area contributed by atoms with Crippen LogP contribution in [0.5, 0.6) is 0 Å². The summed E-state index contributed by atoms with van der Waals surface area (Å²) in [6.07, 6.45) is 8.33. The van der Waals surface area contributed by atoms with E-state index in [0.29, 0.717) is 0 Å². The summed E-state index contributed by atoms with van der Waals surface area (Å²) in [5, 5.41) is 2.66. The molecule has 0 fully saturated rings. The Bertz CT molecular complexity index is 533. The number of benzene rings is 1. The molecular formula is C18H20Ti. The van der Waals surface area contributed by atoms with Crippen LogP contribution in [0.25, 0.3) is 10.8 Å². The third-order valence-corrected chi connectivity index (χ3v) is 2.41. The molecule has 0 radical (unpaired) electrons. The normalized spacial score (nSPS) is 12.2. The molecular weight excluding hydrogens is 264 g/mol. The van der Waals surface area contributed by atoms with Crippen molar-refractivity contribution in [3.05, 3.63) is 66.3 Å². The fraction of sp³-hybridized carbons (Fsp3) is 0.222. The van der Waals surface area contributed by atoms with Gasteiger partial charge in [-0.15, -0.1) is 36.1 Å². The quantitative estimate of drug-likeness (QED) is 0.471. The first kappa shape index (κ1) is 16.0. The Balaban J connectivity index is 0.000000158. The molecule has 0 aliphatic heterocycles. The SMILES string of the molecule is CC1=[C-]CC=C1.C[C](C)=[Ti+2].c1ccc2[cH-]ccc2c1. The molecule has 0 aromatic heterocycles. The maximum Gasteiger partial charge on any atom is -0.0809 e. The Morgan fingerprint density at radius 2 is 1.89 bits per heavy atom. The van der Waals surface area contributed by atoms with E-state index in [1.165, 1.54) is 20.2 Å². The second-order valence-corrected chi connectivity index (χ2v) is 6.18. The van der Waals surface area contributed by atoms with Crippen molar-refractivity contribution in [2.75, 3.05) is 0 Å². The van der Waals surface area contributed by atoms with E-state index in [-0.39, 0.29) is 0 Å². The molecule has 96 valence electrons. The van der Waals surface area contributed by atoms with Gasteiger partial charge in [0.05, 0.1) is 0 Å². The number of hydrogen-bond donors (Lipinski definition) is 0. The van der Waals surface area contributed by atoms with Crippen molar-refractivity contribution in [2.24, 2.45) is 0 Å². The van der Waals surface area contributed by atoms with E-state index in [4.69, 9.17) is 0 Å². The fourth-order valence-corrected chi connectivity index (χ4v) is 1.58. The Labute approximate surface area is 128 Å². The minimum Gasteiger partial charge on any atom is -0.168 e. The summed E-state index contributed by atoms with van der Waals surface area (Å²) in [5.74, 6) is 0. The Hall–Kier alpha value is -1.11. The molecule has 0 nitrogen and oxygen atoms in total. The molecule has 2 aromatic rings. The Morgan fingerprint density at radius 3 is 2.37 bits per heavy atom. The molecule has 2 aromatic carbocycles. The Morgan fingerprint density at radius 1 is 1.21 bits per heavy atom. The number of allylic oxidation sites excluding steroid dienone is 4. The molecule has 0 spiro atoms. The summed E-state index contributed by atoms with van der Waals surface area (Å²) in [7, 11) is 0. The summed E-state index contributed by atoms with van der Waals surface area (Å²) < 4.78 is 1.42. The monoisotopic (exact) mass is 284 g/mol. The third-order valence-electron chi connectivity index (χ3n) is 2.41. The van der Waals surface area contributed by atoms with E-state index in [1.807, 2.05) is 0 Å². The van der Waals surface area contributed by atoms with Gasteiger partial charge in [0.1, 0.15) is 0 Å². The van der Waals surface area contributed by atoms with Crippen LogP contribution in [0.1, 0.15) is 27.2 Å². The molecule has 0 amide bonds. The molecule has 0 N–H and O–H groups in total. The number of rotatable bonds is 0. The van der Waals surface area contributed by atoms with Crippen LogP contribution in [-0.4, -0.2) is 3.81 Å². The zero-order valence-corrected chi connectivity index (χ0v) is 13.5. The molecule has 0 heterocycles. The first-order valence-corrected chi connectivity index (χ1v) is 7.24. The minimum absolute atomic E-state index is 1.02. The second kappa shape index (κ2) is 8.90. The average molecular weight is 284 g/mol. The van der Waals surface area contributed by atoms with Gasteiger partial charge in [-0.1, -0.05) is 13.0 Å². The Kier molecular flexibility index (Phi) is 7.47. The standard InChI is InChI=1S/C9H7.C6H7.C3H6.Ti/c1-2-5-9-7-3-6-8(9)4-1;1-6-4-2-3-5-6;1-3-2;/h1-7H;2,4H,3H2,1H3;1-2H3;/q2*-1;;+2. The zero-order valence-electron chi connectivity index (χ0n) is 11.9. The summed E-state index contributed by atoms with van der Waals surface area (Å²) in [5.41, 5.74) is 1.27. The third kappa shape index (κ3) is 7.15. The van der Waals surface area contributed by atoms with Gasteiger partial charge in [0, 0.05) is 0 Å². The first-order valence-electron chi connectivity index (χ1n) is 6.46. The van der Waals surface area contributed by atoms with Crippen molar-refractivity contribution in [2.45, 2.75) is 27.2 Å². The summed E-state index contributed by atoms with van der Waals surface area (Å²) >= 11 is 2.08. The van der Waals surface area contributed by atoms with E-state index in [2.05, 4.69) is 101 Å². The maximum absolute atomic E-state index is 3.12. The largest absolute Gasteiger partial charge is 0.168 e. The molecule has 0 unspecified atom stereocenters. The van der Waals surface area contributed by atoms with E-state index in [1.54, 1.807) is 0 Å². The van der Waals surface area contributed by atoms with Crippen LogP contribution in [-0.2, 0) is 20.0 Å². The van der Waals surface area contributed by atoms with Gasteiger partial charge in [0.15, 0.2) is 0 Å². The van der Waals surface area contributed by atoms with E-state index in [0.717, 1.165) is 6.42 Å². The van der Waals surface area contributed by atoms with Crippen molar-refractivity contribution in [1.29, 1.82) is 0 Å². The molecule has 0 saturated carbocycles. The van der Waals surface area contributed by atoms with Crippen molar-refractivity contribution in [3.63, 3.8) is 0 Å².